The van der Waals surface area contributed by atoms with E-state index in [2.05, 4.69) is 11.9 Å². The van der Waals surface area contributed by atoms with Crippen molar-refractivity contribution in [2.75, 3.05) is 6.61 Å². The van der Waals surface area contributed by atoms with Crippen molar-refractivity contribution in [3.63, 3.8) is 0 Å². The lowest BCUT2D eigenvalue weighted by Gasteiger charge is -2.06. The quantitative estimate of drug-likeness (QED) is 0.755. The van der Waals surface area contributed by atoms with Crippen molar-refractivity contribution >= 4 is 17.1 Å². The molecule has 4 heteroatoms. The molecule has 0 N–H and O–H groups in total. The molecular weight excluding hydrogens is 258 g/mol. The number of thiazole rings is 1. The number of ether oxygens (including phenoxy) is 1. The summed E-state index contributed by atoms with van der Waals surface area (Å²) < 4.78 is 5.53. The normalized spacial score (nSPS) is 10.4. The minimum absolute atomic E-state index is 0.0762. The number of aryl methyl sites for hydroxylation is 1. The third-order valence-corrected chi connectivity index (χ3v) is 3.46. The van der Waals surface area contributed by atoms with Crippen LogP contribution in [0.4, 0.5) is 0 Å². The van der Waals surface area contributed by atoms with Crippen LogP contribution in [0.15, 0.2) is 29.6 Å². The number of carbonyl (C=O) groups excluding carboxylic acids is 1. The molecule has 0 fully saturated rings. The molecule has 0 saturated heterocycles. The molecule has 0 aliphatic rings. The number of aromatic nitrogens is 1. The minimum Gasteiger partial charge on any atom is -0.494 e. The zero-order chi connectivity index (χ0) is 13.7. The summed E-state index contributed by atoms with van der Waals surface area (Å²) in [6, 6.07) is 7.35. The monoisotopic (exact) mass is 275 g/mol. The highest BCUT2D eigenvalue weighted by molar-refractivity contribution is 7.09. The van der Waals surface area contributed by atoms with Gasteiger partial charge in [0.15, 0.2) is 5.78 Å². The van der Waals surface area contributed by atoms with Crippen molar-refractivity contribution in [2.24, 2.45) is 0 Å². The molecular formula is C15H17NO2S. The molecule has 1 heterocycles. The van der Waals surface area contributed by atoms with E-state index >= 15 is 0 Å². The van der Waals surface area contributed by atoms with Gasteiger partial charge in [0.05, 0.1) is 23.7 Å². The second-order valence-corrected chi connectivity index (χ2v) is 5.40. The maximum absolute atomic E-state index is 12.2. The number of nitrogens with zero attached hydrogens (tertiary/aromatic N) is 1. The smallest absolute Gasteiger partial charge is 0.168 e. The van der Waals surface area contributed by atoms with E-state index in [4.69, 9.17) is 4.74 Å². The number of carbonyl (C=O) groups is 1. The molecule has 2 aromatic rings. The second-order valence-electron chi connectivity index (χ2n) is 4.33. The number of benzene rings is 1. The van der Waals surface area contributed by atoms with Crippen LogP contribution in [0.3, 0.4) is 0 Å². The minimum atomic E-state index is 0.0762. The molecule has 0 atom stereocenters. The van der Waals surface area contributed by atoms with E-state index in [0.29, 0.717) is 18.6 Å². The molecule has 100 valence electrons. The molecule has 3 nitrogen and oxygen atoms in total. The fourth-order valence-electron chi connectivity index (χ4n) is 1.74. The van der Waals surface area contributed by atoms with Crippen molar-refractivity contribution < 1.29 is 9.53 Å². The lowest BCUT2D eigenvalue weighted by Crippen LogP contribution is -2.04. The largest absolute Gasteiger partial charge is 0.494 e. The van der Waals surface area contributed by atoms with Gasteiger partial charge in [-0.05, 0) is 25.5 Å². The predicted molar refractivity (Wildman–Crippen MR) is 77.1 cm³/mol. The molecule has 0 unspecified atom stereocenters. The Bertz CT molecular complexity index is 563. The topological polar surface area (TPSA) is 39.2 Å². The summed E-state index contributed by atoms with van der Waals surface area (Å²) in [5, 5.41) is 2.92. The summed E-state index contributed by atoms with van der Waals surface area (Å²) in [6.07, 6.45) is 1.30. The van der Waals surface area contributed by atoms with E-state index in [-0.39, 0.29) is 5.78 Å². The van der Waals surface area contributed by atoms with E-state index < -0.39 is 0 Å². The van der Waals surface area contributed by atoms with Gasteiger partial charge >= 0.3 is 0 Å². The lowest BCUT2D eigenvalue weighted by atomic mass is 10.1. The van der Waals surface area contributed by atoms with Gasteiger partial charge < -0.3 is 4.74 Å². The van der Waals surface area contributed by atoms with Gasteiger partial charge in [0, 0.05) is 10.9 Å². The highest BCUT2D eigenvalue weighted by atomic mass is 32.1. The molecule has 0 aliphatic carbocycles. The van der Waals surface area contributed by atoms with Gasteiger partial charge in [-0.15, -0.1) is 11.3 Å². The Labute approximate surface area is 117 Å². The van der Waals surface area contributed by atoms with Crippen LogP contribution in [0.25, 0.3) is 0 Å². The average molecular weight is 275 g/mol. The molecule has 2 rings (SSSR count). The number of hydrogen-bond donors (Lipinski definition) is 0. The standard InChI is InChI=1S/C15H17NO2S/c1-3-7-18-14-6-4-5-12(8-14)15(17)9-13-10-19-11(2)16-13/h4-6,8,10H,3,7,9H2,1-2H3. The first-order valence-corrected chi connectivity index (χ1v) is 7.24. The summed E-state index contributed by atoms with van der Waals surface area (Å²) in [7, 11) is 0. The van der Waals surface area contributed by atoms with Gasteiger partial charge in [-0.3, -0.25) is 4.79 Å². The molecule has 19 heavy (non-hydrogen) atoms. The first kappa shape index (κ1) is 13.7. The van der Waals surface area contributed by atoms with Gasteiger partial charge in [0.25, 0.3) is 0 Å². The summed E-state index contributed by atoms with van der Waals surface area (Å²) in [5.41, 5.74) is 1.52. The molecule has 0 bridgehead atoms. The third-order valence-electron chi connectivity index (χ3n) is 2.64. The van der Waals surface area contributed by atoms with Crippen LogP contribution in [0.5, 0.6) is 5.75 Å². The van der Waals surface area contributed by atoms with Crippen molar-refractivity contribution in [3.05, 3.63) is 45.9 Å². The maximum atomic E-state index is 12.2. The highest BCUT2D eigenvalue weighted by Crippen LogP contribution is 2.16. The molecule has 0 amide bonds. The predicted octanol–water partition coefficient (Wildman–Crippen LogP) is 3.67. The van der Waals surface area contributed by atoms with Crippen molar-refractivity contribution in [3.8, 4) is 5.75 Å². The Balaban J connectivity index is 2.06. The Morgan fingerprint density at radius 1 is 1.42 bits per heavy atom. The summed E-state index contributed by atoms with van der Waals surface area (Å²) in [5.74, 6) is 0.828. The maximum Gasteiger partial charge on any atom is 0.168 e. The van der Waals surface area contributed by atoms with Crippen molar-refractivity contribution in [2.45, 2.75) is 26.7 Å². The van der Waals surface area contributed by atoms with Crippen LogP contribution in [0, 0.1) is 6.92 Å². The molecule has 0 saturated carbocycles. The summed E-state index contributed by atoms with van der Waals surface area (Å²) >= 11 is 1.57. The van der Waals surface area contributed by atoms with Crippen LogP contribution in [-0.4, -0.2) is 17.4 Å². The Morgan fingerprint density at radius 2 is 2.26 bits per heavy atom. The summed E-state index contributed by atoms with van der Waals surface area (Å²) in [4.78, 5) is 16.5. The molecule has 0 spiro atoms. The van der Waals surface area contributed by atoms with Crippen LogP contribution < -0.4 is 4.74 Å². The number of ketones is 1. The zero-order valence-corrected chi connectivity index (χ0v) is 12.0. The van der Waals surface area contributed by atoms with Crippen molar-refractivity contribution in [1.82, 2.24) is 4.98 Å². The van der Waals surface area contributed by atoms with Crippen molar-refractivity contribution in [1.29, 1.82) is 0 Å². The first-order chi connectivity index (χ1) is 9.19. The van der Waals surface area contributed by atoms with Gasteiger partial charge in [-0.1, -0.05) is 19.1 Å². The Kier molecular flexibility index (Phi) is 4.68. The SMILES string of the molecule is CCCOc1cccc(C(=O)Cc2csc(C)n2)c1. The summed E-state index contributed by atoms with van der Waals surface area (Å²) in [6.45, 7) is 4.67. The van der Waals surface area contributed by atoms with Crippen LogP contribution in [0.2, 0.25) is 0 Å². The lowest BCUT2D eigenvalue weighted by molar-refractivity contribution is 0.0991. The van der Waals surface area contributed by atoms with Gasteiger partial charge in [-0.2, -0.15) is 0 Å². The number of hydrogen-bond acceptors (Lipinski definition) is 4. The van der Waals surface area contributed by atoms with Crippen LogP contribution >= 0.6 is 11.3 Å². The van der Waals surface area contributed by atoms with Gasteiger partial charge in [0.2, 0.25) is 0 Å². The fraction of sp³-hybridized carbons (Fsp3) is 0.333. The molecule has 0 radical (unpaired) electrons. The molecule has 1 aromatic carbocycles. The van der Waals surface area contributed by atoms with E-state index in [0.717, 1.165) is 22.9 Å². The second kappa shape index (κ2) is 6.48. The van der Waals surface area contributed by atoms with E-state index in [1.807, 2.05) is 30.5 Å². The fourth-order valence-corrected chi connectivity index (χ4v) is 2.35. The Hall–Kier alpha value is -1.68. The first-order valence-electron chi connectivity index (χ1n) is 6.36. The number of Topliss-reactive ketones (excluding diaryl/α,β-unsaturated/α-hetero) is 1. The third kappa shape index (κ3) is 3.89. The number of rotatable bonds is 6. The highest BCUT2D eigenvalue weighted by Gasteiger charge is 2.10. The van der Waals surface area contributed by atoms with E-state index in [9.17, 15) is 4.79 Å². The zero-order valence-electron chi connectivity index (χ0n) is 11.2. The van der Waals surface area contributed by atoms with E-state index in [1.54, 1.807) is 17.4 Å². The molecule has 1 aromatic heterocycles. The molecule has 0 aliphatic heterocycles. The van der Waals surface area contributed by atoms with Gasteiger partial charge in [-0.25, -0.2) is 4.98 Å². The van der Waals surface area contributed by atoms with Gasteiger partial charge in [0.1, 0.15) is 5.75 Å². The Morgan fingerprint density at radius 3 is 2.95 bits per heavy atom. The van der Waals surface area contributed by atoms with Crippen LogP contribution in [0.1, 0.15) is 34.4 Å². The van der Waals surface area contributed by atoms with E-state index in [1.165, 1.54) is 0 Å². The average Bonchev–Trinajstić information content (AvgIpc) is 2.82. The van der Waals surface area contributed by atoms with Crippen LogP contribution in [-0.2, 0) is 6.42 Å².